The van der Waals surface area contributed by atoms with E-state index >= 15 is 0 Å². The molecule has 3 rings (SSSR count). The summed E-state index contributed by atoms with van der Waals surface area (Å²) in [4.78, 5) is 41.4. The maximum atomic E-state index is 12.8. The Labute approximate surface area is 158 Å². The molecule has 0 spiro atoms. The van der Waals surface area contributed by atoms with Gasteiger partial charge in [-0.25, -0.2) is 0 Å². The molecule has 2 heterocycles. The van der Waals surface area contributed by atoms with Crippen LogP contribution in [-0.2, 0) is 4.79 Å². The van der Waals surface area contributed by atoms with Crippen molar-refractivity contribution < 1.29 is 14.5 Å². The number of piperazine rings is 1. The molecule has 1 aromatic carbocycles. The second-order valence-electron chi connectivity index (χ2n) is 7.43. The van der Waals surface area contributed by atoms with E-state index in [9.17, 15) is 19.7 Å². The molecule has 0 aromatic heterocycles. The summed E-state index contributed by atoms with van der Waals surface area (Å²) in [5, 5.41) is 11.5. The Morgan fingerprint density at radius 1 is 1.00 bits per heavy atom. The third-order valence-corrected chi connectivity index (χ3v) is 5.24. The third kappa shape index (κ3) is 4.04. The van der Waals surface area contributed by atoms with Crippen LogP contribution in [0.4, 0.5) is 11.4 Å². The number of rotatable bonds is 4. The van der Waals surface area contributed by atoms with Crippen LogP contribution in [0.25, 0.3) is 0 Å². The van der Waals surface area contributed by atoms with Gasteiger partial charge in [-0.15, -0.1) is 0 Å². The summed E-state index contributed by atoms with van der Waals surface area (Å²) in [6, 6.07) is 4.76. The normalized spacial score (nSPS) is 17.5. The highest BCUT2D eigenvalue weighted by atomic mass is 16.6. The lowest BCUT2D eigenvalue weighted by Gasteiger charge is -2.35. The lowest BCUT2D eigenvalue weighted by molar-refractivity contribution is -0.384. The number of nitro groups is 1. The van der Waals surface area contributed by atoms with Crippen molar-refractivity contribution in [2.75, 3.05) is 44.2 Å². The molecule has 0 atom stereocenters. The van der Waals surface area contributed by atoms with Crippen molar-refractivity contribution in [1.29, 1.82) is 0 Å². The van der Waals surface area contributed by atoms with Gasteiger partial charge >= 0.3 is 0 Å². The van der Waals surface area contributed by atoms with Gasteiger partial charge in [-0.05, 0) is 25.0 Å². The van der Waals surface area contributed by atoms with Gasteiger partial charge in [0.05, 0.1) is 4.92 Å². The molecule has 0 N–H and O–H groups in total. The summed E-state index contributed by atoms with van der Waals surface area (Å²) in [6.45, 7) is 7.22. The standard InChI is InChI=1S/C19H26N4O4/c1-14(2)18(24)21-9-11-22(12-10-21)19(25)15-5-6-16(17(13-15)23(26)27)20-7-3-4-8-20/h5-6,13-14H,3-4,7-12H2,1-2H3. The van der Waals surface area contributed by atoms with Crippen molar-refractivity contribution in [1.82, 2.24) is 9.80 Å². The minimum Gasteiger partial charge on any atom is -0.366 e. The second-order valence-corrected chi connectivity index (χ2v) is 7.43. The summed E-state index contributed by atoms with van der Waals surface area (Å²) in [6.07, 6.45) is 2.05. The number of amides is 2. The van der Waals surface area contributed by atoms with Gasteiger partial charge < -0.3 is 14.7 Å². The van der Waals surface area contributed by atoms with Gasteiger partial charge in [-0.1, -0.05) is 13.8 Å². The molecule has 0 aliphatic carbocycles. The first kappa shape index (κ1) is 19.1. The van der Waals surface area contributed by atoms with Gasteiger partial charge in [0.15, 0.2) is 0 Å². The van der Waals surface area contributed by atoms with E-state index in [1.807, 2.05) is 18.7 Å². The lowest BCUT2D eigenvalue weighted by Crippen LogP contribution is -2.51. The Bertz CT molecular complexity index is 735. The Morgan fingerprint density at radius 2 is 1.59 bits per heavy atom. The molecular weight excluding hydrogens is 348 g/mol. The van der Waals surface area contributed by atoms with E-state index in [0.717, 1.165) is 25.9 Å². The maximum absolute atomic E-state index is 12.8. The summed E-state index contributed by atoms with van der Waals surface area (Å²) < 4.78 is 0. The maximum Gasteiger partial charge on any atom is 0.293 e. The van der Waals surface area contributed by atoms with Crippen LogP contribution in [0.2, 0.25) is 0 Å². The van der Waals surface area contributed by atoms with Gasteiger partial charge in [-0.3, -0.25) is 19.7 Å². The van der Waals surface area contributed by atoms with Gasteiger partial charge in [0.25, 0.3) is 11.6 Å². The molecule has 1 aromatic rings. The fourth-order valence-corrected chi connectivity index (χ4v) is 3.71. The van der Waals surface area contributed by atoms with Gasteiger partial charge in [0, 0.05) is 56.8 Å². The lowest BCUT2D eigenvalue weighted by atomic mass is 10.1. The molecule has 0 bridgehead atoms. The van der Waals surface area contributed by atoms with E-state index in [-0.39, 0.29) is 23.4 Å². The number of carbonyl (C=O) groups is 2. The number of nitrogens with zero attached hydrogens (tertiary/aromatic N) is 4. The SMILES string of the molecule is CC(C)C(=O)N1CCN(C(=O)c2ccc(N3CCCC3)c([N+](=O)[O-])c2)CC1. The molecule has 2 saturated heterocycles. The Kier molecular flexibility index (Phi) is 5.62. The van der Waals surface area contributed by atoms with Crippen molar-refractivity contribution in [3.63, 3.8) is 0 Å². The van der Waals surface area contributed by atoms with Gasteiger partial charge in [0.2, 0.25) is 5.91 Å². The Morgan fingerprint density at radius 3 is 2.15 bits per heavy atom. The van der Waals surface area contributed by atoms with E-state index in [2.05, 4.69) is 0 Å². The fraction of sp³-hybridized carbons (Fsp3) is 0.579. The van der Waals surface area contributed by atoms with Crippen molar-refractivity contribution in [2.45, 2.75) is 26.7 Å². The molecule has 2 aliphatic heterocycles. The molecular formula is C19H26N4O4. The zero-order chi connectivity index (χ0) is 19.6. The highest BCUT2D eigenvalue weighted by molar-refractivity contribution is 5.96. The van der Waals surface area contributed by atoms with Crippen molar-refractivity contribution in [2.24, 2.45) is 5.92 Å². The minimum atomic E-state index is -0.413. The molecule has 146 valence electrons. The van der Waals surface area contributed by atoms with Gasteiger partial charge in [-0.2, -0.15) is 0 Å². The van der Waals surface area contributed by atoms with E-state index in [4.69, 9.17) is 0 Å². The molecule has 27 heavy (non-hydrogen) atoms. The molecule has 2 aliphatic rings. The molecule has 0 unspecified atom stereocenters. The van der Waals surface area contributed by atoms with Crippen LogP contribution in [0.15, 0.2) is 18.2 Å². The van der Waals surface area contributed by atoms with Crippen LogP contribution < -0.4 is 4.90 Å². The molecule has 0 saturated carbocycles. The predicted octanol–water partition coefficient (Wildman–Crippen LogP) is 2.14. The van der Waals surface area contributed by atoms with Crippen LogP contribution in [0.1, 0.15) is 37.0 Å². The van der Waals surface area contributed by atoms with Crippen LogP contribution in [0.3, 0.4) is 0 Å². The molecule has 0 radical (unpaired) electrons. The molecule has 2 amide bonds. The Hall–Kier alpha value is -2.64. The zero-order valence-corrected chi connectivity index (χ0v) is 15.9. The van der Waals surface area contributed by atoms with Crippen LogP contribution in [0.5, 0.6) is 0 Å². The van der Waals surface area contributed by atoms with E-state index in [0.29, 0.717) is 37.4 Å². The number of benzene rings is 1. The molecule has 2 fully saturated rings. The number of carbonyl (C=O) groups excluding carboxylic acids is 2. The van der Waals surface area contributed by atoms with Crippen molar-refractivity contribution in [3.8, 4) is 0 Å². The number of hydrogen-bond donors (Lipinski definition) is 0. The van der Waals surface area contributed by atoms with Crippen LogP contribution >= 0.6 is 0 Å². The smallest absolute Gasteiger partial charge is 0.293 e. The summed E-state index contributed by atoms with van der Waals surface area (Å²) in [5.41, 5.74) is 0.894. The average molecular weight is 374 g/mol. The van der Waals surface area contributed by atoms with Crippen LogP contribution in [-0.4, -0.2) is 65.8 Å². The second kappa shape index (κ2) is 7.94. The van der Waals surface area contributed by atoms with Crippen molar-refractivity contribution >= 4 is 23.2 Å². The summed E-state index contributed by atoms with van der Waals surface area (Å²) in [7, 11) is 0. The first-order valence-corrected chi connectivity index (χ1v) is 9.50. The average Bonchev–Trinajstić information content (AvgIpc) is 3.21. The monoisotopic (exact) mass is 374 g/mol. The predicted molar refractivity (Wildman–Crippen MR) is 102 cm³/mol. The zero-order valence-electron chi connectivity index (χ0n) is 15.9. The fourth-order valence-electron chi connectivity index (χ4n) is 3.71. The number of nitro benzene ring substituents is 1. The molecule has 8 nitrogen and oxygen atoms in total. The van der Waals surface area contributed by atoms with Crippen molar-refractivity contribution in [3.05, 3.63) is 33.9 Å². The largest absolute Gasteiger partial charge is 0.366 e. The number of hydrogen-bond acceptors (Lipinski definition) is 5. The topological polar surface area (TPSA) is 87.0 Å². The third-order valence-electron chi connectivity index (χ3n) is 5.24. The van der Waals surface area contributed by atoms with Gasteiger partial charge in [0.1, 0.15) is 5.69 Å². The highest BCUT2D eigenvalue weighted by Gasteiger charge is 2.28. The van der Waals surface area contributed by atoms with E-state index < -0.39 is 4.92 Å². The first-order valence-electron chi connectivity index (χ1n) is 9.50. The summed E-state index contributed by atoms with van der Waals surface area (Å²) >= 11 is 0. The Balaban J connectivity index is 1.73. The molecule has 8 heteroatoms. The van der Waals surface area contributed by atoms with E-state index in [1.54, 1.807) is 21.9 Å². The van der Waals surface area contributed by atoms with Crippen LogP contribution in [0, 0.1) is 16.0 Å². The first-order chi connectivity index (χ1) is 12.9. The quantitative estimate of drug-likeness (QED) is 0.595. The van der Waals surface area contributed by atoms with E-state index in [1.165, 1.54) is 6.07 Å². The number of anilines is 1. The minimum absolute atomic E-state index is 0.0172. The highest BCUT2D eigenvalue weighted by Crippen LogP contribution is 2.32. The summed E-state index contributed by atoms with van der Waals surface area (Å²) in [5.74, 6) is -0.191.